The number of carbonyl (C=O) groups is 1. The predicted molar refractivity (Wildman–Crippen MR) is 95.7 cm³/mol. The second-order valence-corrected chi connectivity index (χ2v) is 11.2. The Morgan fingerprint density at radius 3 is 1.96 bits per heavy atom. The van der Waals surface area contributed by atoms with Gasteiger partial charge in [0.2, 0.25) is 0 Å². The first-order chi connectivity index (χ1) is 10.1. The van der Waals surface area contributed by atoms with E-state index in [0.29, 0.717) is 15.4 Å². The number of likely N-dealkylation sites (N-methyl/N-ethyl adjacent to an activating group) is 1. The number of nitrogens with zero attached hydrogens (tertiary/aromatic N) is 1. The number of amides is 1. The minimum atomic E-state index is -0.183. The number of rotatable bonds is 1. The van der Waals surface area contributed by atoms with Crippen molar-refractivity contribution in [2.45, 2.75) is 91.3 Å². The maximum Gasteiger partial charge on any atom is 0.280 e. The standard InChI is InChI=1S/C19H37N3O/c1-16(2,3)20-15(23)14-10-19(21-22(14,8)9)12-17(4,5)11-18(6,7)13-19/h14,21H,10-13H2,1-9H3/p+1. The van der Waals surface area contributed by atoms with Crippen molar-refractivity contribution in [2.75, 3.05) is 14.1 Å². The van der Waals surface area contributed by atoms with Gasteiger partial charge in [0, 0.05) is 12.0 Å². The Labute approximate surface area is 142 Å². The summed E-state index contributed by atoms with van der Waals surface area (Å²) in [5.41, 5.74) is 4.35. The molecule has 1 atom stereocenters. The van der Waals surface area contributed by atoms with E-state index in [1.807, 2.05) is 0 Å². The highest BCUT2D eigenvalue weighted by molar-refractivity contribution is 5.81. The summed E-state index contributed by atoms with van der Waals surface area (Å²) in [4.78, 5) is 12.9. The Hall–Kier alpha value is -0.610. The van der Waals surface area contributed by atoms with E-state index < -0.39 is 0 Å². The number of carbonyl (C=O) groups excluding carboxylic acids is 1. The molecule has 0 aromatic carbocycles. The number of nitrogens with one attached hydrogen (secondary N) is 2. The fourth-order valence-electron chi connectivity index (χ4n) is 5.71. The first kappa shape index (κ1) is 18.7. The van der Waals surface area contributed by atoms with Crippen molar-refractivity contribution in [3.8, 4) is 0 Å². The van der Waals surface area contributed by atoms with E-state index in [0.717, 1.165) is 19.3 Å². The van der Waals surface area contributed by atoms with Crippen LogP contribution in [0.25, 0.3) is 0 Å². The molecule has 0 radical (unpaired) electrons. The maximum atomic E-state index is 12.9. The molecule has 1 unspecified atom stereocenters. The lowest BCUT2D eigenvalue weighted by Gasteiger charge is -2.50. The highest BCUT2D eigenvalue weighted by atomic mass is 16.2. The topological polar surface area (TPSA) is 41.1 Å². The van der Waals surface area contributed by atoms with Crippen LogP contribution in [-0.2, 0) is 4.79 Å². The molecule has 23 heavy (non-hydrogen) atoms. The first-order valence-electron chi connectivity index (χ1n) is 9.00. The Morgan fingerprint density at radius 1 is 1.04 bits per heavy atom. The zero-order valence-corrected chi connectivity index (χ0v) is 16.8. The van der Waals surface area contributed by atoms with Crippen molar-refractivity contribution in [3.05, 3.63) is 0 Å². The van der Waals surface area contributed by atoms with Crippen LogP contribution < -0.4 is 10.7 Å². The van der Waals surface area contributed by atoms with Crippen LogP contribution in [0.15, 0.2) is 0 Å². The monoisotopic (exact) mass is 324 g/mol. The lowest BCUT2D eigenvalue weighted by atomic mass is 9.58. The Kier molecular flexibility index (Phi) is 4.23. The second-order valence-electron chi connectivity index (χ2n) is 11.2. The smallest absolute Gasteiger partial charge is 0.280 e. The molecule has 4 nitrogen and oxygen atoms in total. The number of hydrogen-bond acceptors (Lipinski definition) is 2. The van der Waals surface area contributed by atoms with Gasteiger partial charge < -0.3 is 5.32 Å². The van der Waals surface area contributed by atoms with Gasteiger partial charge in [-0.25, -0.2) is 4.59 Å². The van der Waals surface area contributed by atoms with Crippen LogP contribution in [0.5, 0.6) is 0 Å². The van der Waals surface area contributed by atoms with Crippen molar-refractivity contribution in [1.29, 1.82) is 0 Å². The van der Waals surface area contributed by atoms with Gasteiger partial charge in [0.1, 0.15) is 0 Å². The molecule has 1 heterocycles. The number of hydrogen-bond donors (Lipinski definition) is 2. The second kappa shape index (κ2) is 5.19. The van der Waals surface area contributed by atoms with Gasteiger partial charge in [0.05, 0.1) is 19.6 Å². The molecule has 4 heteroatoms. The third kappa shape index (κ3) is 4.27. The van der Waals surface area contributed by atoms with Gasteiger partial charge in [0.15, 0.2) is 6.04 Å². The maximum absolute atomic E-state index is 12.9. The molecule has 0 bridgehead atoms. The van der Waals surface area contributed by atoms with Crippen molar-refractivity contribution in [2.24, 2.45) is 10.8 Å². The highest BCUT2D eigenvalue weighted by Gasteiger charge is 2.59. The Bertz CT molecular complexity index is 469. The molecular formula is C19H38N3O+. The third-order valence-corrected chi connectivity index (χ3v) is 5.28. The van der Waals surface area contributed by atoms with Gasteiger partial charge in [-0.1, -0.05) is 27.7 Å². The van der Waals surface area contributed by atoms with Crippen molar-refractivity contribution < 1.29 is 9.39 Å². The van der Waals surface area contributed by atoms with E-state index in [1.54, 1.807) is 0 Å². The zero-order chi connectivity index (χ0) is 17.9. The largest absolute Gasteiger partial charge is 0.346 e. The lowest BCUT2D eigenvalue weighted by molar-refractivity contribution is -0.938. The predicted octanol–water partition coefficient (Wildman–Crippen LogP) is 3.23. The molecule has 1 amide bonds. The van der Waals surface area contributed by atoms with Crippen molar-refractivity contribution >= 4 is 5.91 Å². The molecule has 0 aromatic heterocycles. The first-order valence-corrected chi connectivity index (χ1v) is 9.00. The molecule has 134 valence electrons. The van der Waals surface area contributed by atoms with Crippen LogP contribution in [0.3, 0.4) is 0 Å². The van der Waals surface area contributed by atoms with Gasteiger partial charge in [-0.15, -0.1) is 0 Å². The van der Waals surface area contributed by atoms with E-state index in [1.165, 1.54) is 6.42 Å². The average Bonchev–Trinajstić information content (AvgIpc) is 2.40. The van der Waals surface area contributed by atoms with E-state index in [4.69, 9.17) is 0 Å². The molecule has 2 rings (SSSR count). The van der Waals surface area contributed by atoms with E-state index in [2.05, 4.69) is 73.3 Å². The molecule has 1 saturated carbocycles. The summed E-state index contributed by atoms with van der Waals surface area (Å²) in [7, 11) is 4.27. The third-order valence-electron chi connectivity index (χ3n) is 5.28. The van der Waals surface area contributed by atoms with Crippen molar-refractivity contribution in [3.63, 3.8) is 0 Å². The minimum Gasteiger partial charge on any atom is -0.346 e. The normalized spacial score (nSPS) is 31.1. The van der Waals surface area contributed by atoms with Crippen molar-refractivity contribution in [1.82, 2.24) is 10.7 Å². The molecular weight excluding hydrogens is 286 g/mol. The van der Waals surface area contributed by atoms with Crippen LogP contribution in [0, 0.1) is 10.8 Å². The van der Waals surface area contributed by atoms with Gasteiger partial charge in [-0.05, 0) is 50.9 Å². The fourth-order valence-corrected chi connectivity index (χ4v) is 5.71. The highest BCUT2D eigenvalue weighted by Crippen LogP contribution is 2.53. The van der Waals surface area contributed by atoms with E-state index >= 15 is 0 Å². The van der Waals surface area contributed by atoms with Gasteiger partial charge >= 0.3 is 0 Å². The summed E-state index contributed by atoms with van der Waals surface area (Å²) < 4.78 is 0.577. The fraction of sp³-hybridized carbons (Fsp3) is 0.947. The molecule has 1 aliphatic heterocycles. The van der Waals surface area contributed by atoms with Crippen LogP contribution in [0.1, 0.15) is 74.1 Å². The Morgan fingerprint density at radius 2 is 1.52 bits per heavy atom. The minimum absolute atomic E-state index is 0.0288. The van der Waals surface area contributed by atoms with Crippen LogP contribution >= 0.6 is 0 Å². The molecule has 2 fully saturated rings. The Balaban J connectivity index is 2.26. The molecule has 2 aliphatic rings. The van der Waals surface area contributed by atoms with Gasteiger partial charge in [-0.3, -0.25) is 4.79 Å². The molecule has 1 spiro atoms. The molecule has 2 N–H and O–H groups in total. The summed E-state index contributed by atoms with van der Waals surface area (Å²) >= 11 is 0. The van der Waals surface area contributed by atoms with Crippen LogP contribution in [-0.4, -0.2) is 41.7 Å². The summed E-state index contributed by atoms with van der Waals surface area (Å²) in [6, 6.07) is -0.0288. The number of quaternary nitrogens is 1. The summed E-state index contributed by atoms with van der Waals surface area (Å²) in [5, 5.41) is 3.19. The molecule has 1 aliphatic carbocycles. The quantitative estimate of drug-likeness (QED) is 0.727. The SMILES string of the molecule is CC1(C)CC(C)(C)CC2(CC(C(=O)NC(C)(C)C)[N+](C)(C)N2)C1. The molecule has 0 aromatic rings. The summed E-state index contributed by atoms with van der Waals surface area (Å²) in [5.74, 6) is 0.174. The van der Waals surface area contributed by atoms with Gasteiger partial charge in [-0.2, -0.15) is 5.43 Å². The van der Waals surface area contributed by atoms with E-state index in [9.17, 15) is 4.79 Å². The molecule has 1 saturated heterocycles. The van der Waals surface area contributed by atoms with E-state index in [-0.39, 0.29) is 23.0 Å². The summed E-state index contributed by atoms with van der Waals surface area (Å²) in [6.45, 7) is 15.7. The lowest BCUT2D eigenvalue weighted by Crippen LogP contribution is -2.62. The zero-order valence-electron chi connectivity index (χ0n) is 16.8. The summed E-state index contributed by atoms with van der Waals surface area (Å²) in [6.07, 6.45) is 4.46. The van der Waals surface area contributed by atoms with Crippen LogP contribution in [0.2, 0.25) is 0 Å². The van der Waals surface area contributed by atoms with Crippen LogP contribution in [0.4, 0.5) is 0 Å². The van der Waals surface area contributed by atoms with Gasteiger partial charge in [0.25, 0.3) is 5.91 Å². The average molecular weight is 325 g/mol.